The zero-order valence-corrected chi connectivity index (χ0v) is 16.8. The van der Waals surface area contributed by atoms with Crippen LogP contribution in [-0.4, -0.2) is 23.4 Å². The van der Waals surface area contributed by atoms with Crippen molar-refractivity contribution in [3.8, 4) is 22.6 Å². The number of phenols is 1. The first-order valence-electron chi connectivity index (χ1n) is 10.7. The van der Waals surface area contributed by atoms with E-state index >= 15 is 0 Å². The molecule has 2 N–H and O–H groups in total. The number of hydrogen-bond acceptors (Lipinski definition) is 3. The highest BCUT2D eigenvalue weighted by Gasteiger charge is 2.54. The van der Waals surface area contributed by atoms with Crippen molar-refractivity contribution in [2.75, 3.05) is 7.11 Å². The third-order valence-corrected chi connectivity index (χ3v) is 8.19. The summed E-state index contributed by atoms with van der Waals surface area (Å²) >= 11 is 0. The van der Waals surface area contributed by atoms with Crippen molar-refractivity contribution in [2.24, 2.45) is 17.3 Å². The van der Waals surface area contributed by atoms with Crippen LogP contribution in [0.25, 0.3) is 11.1 Å². The van der Waals surface area contributed by atoms with Crippen molar-refractivity contribution in [1.82, 2.24) is 0 Å². The number of hydrogen-bond donors (Lipinski definition) is 2. The van der Waals surface area contributed by atoms with Crippen molar-refractivity contribution in [3.05, 3.63) is 47.5 Å². The van der Waals surface area contributed by atoms with Crippen LogP contribution < -0.4 is 4.74 Å². The lowest BCUT2D eigenvalue weighted by atomic mass is 9.55. The molecule has 2 saturated carbocycles. The van der Waals surface area contributed by atoms with Gasteiger partial charge in [0.15, 0.2) is 0 Å². The van der Waals surface area contributed by atoms with E-state index in [0.29, 0.717) is 23.5 Å². The van der Waals surface area contributed by atoms with Gasteiger partial charge in [0, 0.05) is 5.56 Å². The Hall–Kier alpha value is -2.00. The molecule has 2 aromatic rings. The Morgan fingerprint density at radius 3 is 2.57 bits per heavy atom. The molecular weight excluding hydrogens is 348 g/mol. The molecule has 0 heterocycles. The topological polar surface area (TPSA) is 49.7 Å². The lowest BCUT2D eigenvalue weighted by molar-refractivity contribution is -0.0226. The zero-order chi connectivity index (χ0) is 19.5. The van der Waals surface area contributed by atoms with Gasteiger partial charge in [-0.15, -0.1) is 0 Å². The van der Waals surface area contributed by atoms with Gasteiger partial charge in [-0.3, -0.25) is 0 Å². The smallest absolute Gasteiger partial charge is 0.123 e. The first-order chi connectivity index (χ1) is 13.5. The highest BCUT2D eigenvalue weighted by Crippen LogP contribution is 2.61. The standard InChI is InChI=1S/C25H30O3/c1-25-12-11-18-19(22(25)9-10-24(25)27)8-5-16-13-23(26)21(14-20(16)18)15-3-6-17(28-2)7-4-15/h3-4,6-7,13-14,18-19,22,24,26-27H,5,8-12H2,1-2H3/t18-,19+,22-,24-,25-/m0/s1. The molecule has 5 rings (SSSR count). The van der Waals surface area contributed by atoms with Gasteiger partial charge in [-0.25, -0.2) is 0 Å². The first kappa shape index (κ1) is 18.1. The molecule has 2 fully saturated rings. The molecular formula is C25H30O3. The highest BCUT2D eigenvalue weighted by molar-refractivity contribution is 5.72. The van der Waals surface area contributed by atoms with E-state index in [1.54, 1.807) is 7.11 Å². The number of aromatic hydroxyl groups is 1. The number of aryl methyl sites for hydroxylation is 1. The number of benzene rings is 2. The number of fused-ring (bicyclic) bond motifs is 5. The molecule has 0 spiro atoms. The van der Waals surface area contributed by atoms with Crippen LogP contribution >= 0.6 is 0 Å². The molecule has 0 amide bonds. The van der Waals surface area contributed by atoms with Crippen molar-refractivity contribution in [1.29, 1.82) is 0 Å². The molecule has 0 unspecified atom stereocenters. The molecule has 3 aliphatic rings. The molecule has 0 aromatic heterocycles. The normalized spacial score (nSPS) is 33.7. The largest absolute Gasteiger partial charge is 0.507 e. The minimum Gasteiger partial charge on any atom is -0.507 e. The second kappa shape index (κ2) is 6.52. The predicted octanol–water partition coefficient (Wildman–Crippen LogP) is 5.28. The molecule has 3 heteroatoms. The molecule has 0 aliphatic heterocycles. The lowest BCUT2D eigenvalue weighted by Gasteiger charge is -2.50. The van der Waals surface area contributed by atoms with Crippen molar-refractivity contribution in [2.45, 2.75) is 57.5 Å². The van der Waals surface area contributed by atoms with Crippen molar-refractivity contribution < 1.29 is 14.9 Å². The summed E-state index contributed by atoms with van der Waals surface area (Å²) in [4.78, 5) is 0. The van der Waals surface area contributed by atoms with Gasteiger partial charge in [0.05, 0.1) is 13.2 Å². The van der Waals surface area contributed by atoms with E-state index in [0.717, 1.165) is 49.0 Å². The fourth-order valence-electron chi connectivity index (χ4n) is 6.58. The van der Waals surface area contributed by atoms with E-state index in [1.165, 1.54) is 17.5 Å². The second-order valence-corrected chi connectivity index (χ2v) is 9.35. The van der Waals surface area contributed by atoms with Crippen LogP contribution in [-0.2, 0) is 6.42 Å². The van der Waals surface area contributed by atoms with Crippen molar-refractivity contribution >= 4 is 0 Å². The minimum absolute atomic E-state index is 0.106. The molecule has 0 saturated heterocycles. The fourth-order valence-corrected chi connectivity index (χ4v) is 6.58. The Bertz CT molecular complexity index is 887. The van der Waals surface area contributed by atoms with Gasteiger partial charge in [-0.2, -0.15) is 0 Å². The highest BCUT2D eigenvalue weighted by atomic mass is 16.5. The molecule has 5 atom stereocenters. The molecule has 2 aromatic carbocycles. The van der Waals surface area contributed by atoms with E-state index in [-0.39, 0.29) is 11.5 Å². The van der Waals surface area contributed by atoms with E-state index in [1.807, 2.05) is 30.3 Å². The quantitative estimate of drug-likeness (QED) is 0.747. The number of methoxy groups -OCH3 is 1. The molecule has 148 valence electrons. The SMILES string of the molecule is COc1ccc(-c2cc3c(cc2O)CC[C@@H]2[C@@H]3CC[C@]3(C)[C@@H](O)CC[C@@H]23)cc1. The average Bonchev–Trinajstić information content (AvgIpc) is 3.02. The van der Waals surface area contributed by atoms with Gasteiger partial charge in [-0.1, -0.05) is 19.1 Å². The monoisotopic (exact) mass is 378 g/mol. The lowest BCUT2D eigenvalue weighted by Crippen LogP contribution is -2.43. The fraction of sp³-hybridized carbons (Fsp3) is 0.520. The Balaban J connectivity index is 1.53. The predicted molar refractivity (Wildman–Crippen MR) is 111 cm³/mol. The summed E-state index contributed by atoms with van der Waals surface area (Å²) in [6.45, 7) is 2.32. The Morgan fingerprint density at radius 1 is 1.04 bits per heavy atom. The number of ether oxygens (including phenoxy) is 1. The second-order valence-electron chi connectivity index (χ2n) is 9.35. The van der Waals surface area contributed by atoms with Gasteiger partial charge >= 0.3 is 0 Å². The van der Waals surface area contributed by atoms with Crippen LogP contribution in [0.4, 0.5) is 0 Å². The maximum absolute atomic E-state index is 10.7. The summed E-state index contributed by atoms with van der Waals surface area (Å²) in [6.07, 6.45) is 6.48. The number of phenolic OH excluding ortho intramolecular Hbond substituents is 1. The summed E-state index contributed by atoms with van der Waals surface area (Å²) in [5.74, 6) is 3.06. The van der Waals surface area contributed by atoms with Crippen LogP contribution in [0.3, 0.4) is 0 Å². The van der Waals surface area contributed by atoms with Gasteiger partial charge in [-0.05, 0) is 103 Å². The summed E-state index contributed by atoms with van der Waals surface area (Å²) in [7, 11) is 1.67. The number of aliphatic hydroxyl groups excluding tert-OH is 1. The summed E-state index contributed by atoms with van der Waals surface area (Å²) < 4.78 is 5.27. The molecule has 0 bridgehead atoms. The third kappa shape index (κ3) is 2.59. The van der Waals surface area contributed by atoms with Gasteiger partial charge < -0.3 is 14.9 Å². The number of aliphatic hydroxyl groups is 1. The summed E-state index contributed by atoms with van der Waals surface area (Å²) in [5.41, 5.74) is 4.80. The summed E-state index contributed by atoms with van der Waals surface area (Å²) in [5, 5.41) is 21.3. The van der Waals surface area contributed by atoms with Crippen LogP contribution in [0.5, 0.6) is 11.5 Å². The molecule has 3 nitrogen and oxygen atoms in total. The first-order valence-corrected chi connectivity index (χ1v) is 10.7. The minimum atomic E-state index is -0.130. The van der Waals surface area contributed by atoms with E-state index < -0.39 is 0 Å². The van der Waals surface area contributed by atoms with E-state index in [2.05, 4.69) is 13.0 Å². The van der Waals surface area contributed by atoms with Gasteiger partial charge in [0.1, 0.15) is 11.5 Å². The third-order valence-electron chi connectivity index (χ3n) is 8.19. The Labute approximate surface area is 167 Å². The maximum atomic E-state index is 10.7. The van der Waals surface area contributed by atoms with Crippen LogP contribution in [0.2, 0.25) is 0 Å². The average molecular weight is 379 g/mol. The van der Waals surface area contributed by atoms with Crippen LogP contribution in [0.15, 0.2) is 36.4 Å². The molecule has 3 aliphatic carbocycles. The van der Waals surface area contributed by atoms with Crippen LogP contribution in [0, 0.1) is 17.3 Å². The number of rotatable bonds is 2. The van der Waals surface area contributed by atoms with Crippen molar-refractivity contribution in [3.63, 3.8) is 0 Å². The molecule has 28 heavy (non-hydrogen) atoms. The Kier molecular flexibility index (Phi) is 4.20. The van der Waals surface area contributed by atoms with E-state index in [4.69, 9.17) is 4.74 Å². The van der Waals surface area contributed by atoms with Gasteiger partial charge in [0.2, 0.25) is 0 Å². The molecule has 0 radical (unpaired) electrons. The maximum Gasteiger partial charge on any atom is 0.123 e. The summed E-state index contributed by atoms with van der Waals surface area (Å²) in [6, 6.07) is 12.2. The van der Waals surface area contributed by atoms with Crippen LogP contribution in [0.1, 0.15) is 56.1 Å². The van der Waals surface area contributed by atoms with E-state index in [9.17, 15) is 10.2 Å². The Morgan fingerprint density at radius 2 is 1.82 bits per heavy atom. The zero-order valence-electron chi connectivity index (χ0n) is 16.8. The van der Waals surface area contributed by atoms with Gasteiger partial charge in [0.25, 0.3) is 0 Å².